The van der Waals surface area contributed by atoms with Crippen LogP contribution in [-0.2, 0) is 6.54 Å². The Hall–Kier alpha value is -4.23. The average molecular weight is 533 g/mol. The molecule has 0 spiro atoms. The number of fused-ring (bicyclic) bond motifs is 3. The van der Waals surface area contributed by atoms with Crippen LogP contribution in [0.15, 0.2) is 47.3 Å². The fraction of sp³-hybridized carbons (Fsp3) is 0.385. The second-order valence-corrected chi connectivity index (χ2v) is 9.90. The summed E-state index contributed by atoms with van der Waals surface area (Å²) in [5.41, 5.74) is 8.66. The predicted octanol–water partition coefficient (Wildman–Crippen LogP) is 2.02. The molecule has 0 radical (unpaired) electrons. The van der Waals surface area contributed by atoms with E-state index in [1.807, 2.05) is 16.7 Å². The van der Waals surface area contributed by atoms with Crippen molar-refractivity contribution in [3.05, 3.63) is 48.7 Å². The van der Waals surface area contributed by atoms with Crippen molar-refractivity contribution in [2.24, 2.45) is 0 Å². The maximum atomic E-state index is 14.9. The molecule has 1 unspecified atom stereocenters. The monoisotopic (exact) mass is 532 g/mol. The minimum absolute atomic E-state index is 0.111. The molecule has 2 aliphatic rings. The molecule has 0 aliphatic carbocycles. The summed E-state index contributed by atoms with van der Waals surface area (Å²) in [7, 11) is 0. The third-order valence-electron chi connectivity index (χ3n) is 7.42. The second-order valence-electron chi connectivity index (χ2n) is 9.90. The minimum atomic E-state index is -0.240. The van der Waals surface area contributed by atoms with Crippen LogP contribution in [0.1, 0.15) is 6.42 Å². The Labute approximate surface area is 223 Å². The number of nitrogens with zero attached hydrogens (tertiary/aromatic N) is 8. The quantitative estimate of drug-likeness (QED) is 0.321. The molecule has 7 rings (SSSR count). The van der Waals surface area contributed by atoms with E-state index >= 15 is 0 Å². The number of nitrogens with one attached hydrogen (secondary N) is 1. The van der Waals surface area contributed by atoms with Gasteiger partial charge in [0.1, 0.15) is 17.7 Å². The van der Waals surface area contributed by atoms with Crippen molar-refractivity contribution in [1.29, 1.82) is 0 Å². The lowest BCUT2D eigenvalue weighted by molar-refractivity contribution is 0.222. The minimum Gasteiger partial charge on any atom is -0.489 e. The van der Waals surface area contributed by atoms with E-state index in [2.05, 4.69) is 35.2 Å². The van der Waals surface area contributed by atoms with E-state index in [1.54, 1.807) is 24.7 Å². The maximum Gasteiger partial charge on any atom is 0.225 e. The number of piperazine rings is 1. The molecule has 12 nitrogen and oxygen atoms in total. The molecule has 2 fully saturated rings. The van der Waals surface area contributed by atoms with Crippen LogP contribution in [0.5, 0.6) is 5.75 Å². The van der Waals surface area contributed by atoms with E-state index in [1.165, 1.54) is 10.6 Å². The summed E-state index contributed by atoms with van der Waals surface area (Å²) in [4.78, 5) is 18.1. The molecule has 0 bridgehead atoms. The van der Waals surface area contributed by atoms with Crippen LogP contribution in [0.4, 0.5) is 16.0 Å². The van der Waals surface area contributed by atoms with Gasteiger partial charge in [0.25, 0.3) is 0 Å². The highest BCUT2D eigenvalue weighted by Gasteiger charge is 2.22. The fourth-order valence-corrected chi connectivity index (χ4v) is 5.31. The molecule has 202 valence electrons. The number of furan rings is 1. The number of nitrogen functional groups attached to an aromatic ring is 1. The lowest BCUT2D eigenvalue weighted by Crippen LogP contribution is -2.47. The molecule has 0 amide bonds. The standard InChI is InChI=1S/C26H29FN10O2/c27-19-14-17(39-18-5-6-29-15-18)3-4-20(19)35-10-7-34(8-11-35)9-12-36-16-30-22-24(36)32-26(28)37-25(22)31-23(33-37)21-2-1-13-38-21/h1-4,13-14,16,18,29H,5-12,15H2,(H2,28,32). The fourth-order valence-electron chi connectivity index (χ4n) is 5.31. The molecule has 4 aromatic heterocycles. The van der Waals surface area contributed by atoms with Gasteiger partial charge >= 0.3 is 0 Å². The van der Waals surface area contributed by atoms with Gasteiger partial charge in [-0.1, -0.05) is 0 Å². The Kier molecular flexibility index (Phi) is 6.01. The lowest BCUT2D eigenvalue weighted by Gasteiger charge is -2.36. The van der Waals surface area contributed by atoms with Gasteiger partial charge in [-0.3, -0.25) is 4.90 Å². The topological polar surface area (TPSA) is 128 Å². The van der Waals surface area contributed by atoms with Gasteiger partial charge in [-0.25, -0.2) is 14.4 Å². The number of aromatic nitrogens is 6. The van der Waals surface area contributed by atoms with Gasteiger partial charge in [-0.15, -0.1) is 5.10 Å². The lowest BCUT2D eigenvalue weighted by atomic mass is 10.2. The van der Waals surface area contributed by atoms with Crippen LogP contribution in [0.25, 0.3) is 28.4 Å². The van der Waals surface area contributed by atoms with Crippen molar-refractivity contribution in [1.82, 2.24) is 39.3 Å². The summed E-state index contributed by atoms with van der Waals surface area (Å²) in [5, 5.41) is 7.69. The number of anilines is 2. The maximum absolute atomic E-state index is 14.9. The van der Waals surface area contributed by atoms with Crippen LogP contribution in [0.3, 0.4) is 0 Å². The van der Waals surface area contributed by atoms with Gasteiger partial charge in [0.15, 0.2) is 22.6 Å². The second kappa shape index (κ2) is 9.82. The number of hydrogen-bond donors (Lipinski definition) is 2. The summed E-state index contributed by atoms with van der Waals surface area (Å²) in [6.45, 7) is 6.39. The number of hydrogen-bond acceptors (Lipinski definition) is 10. The van der Waals surface area contributed by atoms with Crippen LogP contribution in [0.2, 0.25) is 0 Å². The van der Waals surface area contributed by atoms with Crippen LogP contribution >= 0.6 is 0 Å². The van der Waals surface area contributed by atoms with E-state index in [9.17, 15) is 4.39 Å². The van der Waals surface area contributed by atoms with E-state index in [4.69, 9.17) is 14.9 Å². The molecule has 5 aromatic rings. The first-order valence-corrected chi connectivity index (χ1v) is 13.2. The van der Waals surface area contributed by atoms with Crippen molar-refractivity contribution in [3.8, 4) is 17.3 Å². The summed E-state index contributed by atoms with van der Waals surface area (Å²) in [5.74, 6) is 1.56. The summed E-state index contributed by atoms with van der Waals surface area (Å²) in [6, 6.07) is 8.78. The molecule has 6 heterocycles. The number of nitrogens with two attached hydrogens (primary N) is 1. The van der Waals surface area contributed by atoms with E-state index in [-0.39, 0.29) is 17.9 Å². The molecule has 3 N–H and O–H groups in total. The number of imidazole rings is 1. The number of halogens is 1. The summed E-state index contributed by atoms with van der Waals surface area (Å²) in [6.07, 6.45) is 4.39. The zero-order valence-electron chi connectivity index (χ0n) is 21.3. The molecule has 0 saturated carbocycles. The largest absolute Gasteiger partial charge is 0.489 e. The van der Waals surface area contributed by atoms with Gasteiger partial charge in [-0.05, 0) is 37.2 Å². The molecule has 2 aliphatic heterocycles. The Balaban J connectivity index is 0.996. The number of rotatable bonds is 7. The first-order chi connectivity index (χ1) is 19.1. The third kappa shape index (κ3) is 4.53. The van der Waals surface area contributed by atoms with Crippen LogP contribution in [0, 0.1) is 5.82 Å². The highest BCUT2D eigenvalue weighted by Crippen LogP contribution is 2.27. The van der Waals surface area contributed by atoms with E-state index in [0.29, 0.717) is 46.4 Å². The molecule has 1 atom stereocenters. The van der Waals surface area contributed by atoms with Gasteiger partial charge in [-0.2, -0.15) is 9.50 Å². The van der Waals surface area contributed by atoms with Crippen LogP contribution < -0.4 is 20.7 Å². The first kappa shape index (κ1) is 23.9. The highest BCUT2D eigenvalue weighted by molar-refractivity contribution is 5.87. The molecule has 13 heteroatoms. The molecule has 1 aromatic carbocycles. The Morgan fingerprint density at radius 2 is 2.00 bits per heavy atom. The van der Waals surface area contributed by atoms with Crippen molar-refractivity contribution < 1.29 is 13.5 Å². The Bertz CT molecular complexity index is 1600. The Morgan fingerprint density at radius 3 is 2.77 bits per heavy atom. The van der Waals surface area contributed by atoms with E-state index in [0.717, 1.165) is 52.2 Å². The van der Waals surface area contributed by atoms with Crippen molar-refractivity contribution in [2.75, 3.05) is 56.4 Å². The first-order valence-electron chi connectivity index (χ1n) is 13.2. The van der Waals surface area contributed by atoms with Crippen LogP contribution in [-0.4, -0.2) is 86.0 Å². The zero-order valence-corrected chi connectivity index (χ0v) is 21.3. The van der Waals surface area contributed by atoms with E-state index < -0.39 is 0 Å². The summed E-state index contributed by atoms with van der Waals surface area (Å²) < 4.78 is 29.7. The molecular weight excluding hydrogens is 503 g/mol. The molecular formula is C26H29FN10O2. The summed E-state index contributed by atoms with van der Waals surface area (Å²) >= 11 is 0. The molecule has 39 heavy (non-hydrogen) atoms. The average Bonchev–Trinajstić information content (AvgIpc) is 3.75. The number of benzene rings is 1. The SMILES string of the molecule is Nc1nc2c(ncn2CCN2CCN(c3ccc(OC4CCNC4)cc3F)CC2)c2nc(-c3ccco3)nn12. The number of ether oxygens (including phenoxy) is 1. The van der Waals surface area contributed by atoms with Gasteiger partial charge < -0.3 is 29.7 Å². The van der Waals surface area contributed by atoms with Gasteiger partial charge in [0, 0.05) is 51.9 Å². The normalized spacial score (nSPS) is 18.5. The Morgan fingerprint density at radius 1 is 1.10 bits per heavy atom. The highest BCUT2D eigenvalue weighted by atomic mass is 19.1. The predicted molar refractivity (Wildman–Crippen MR) is 143 cm³/mol. The van der Waals surface area contributed by atoms with Crippen molar-refractivity contribution >= 4 is 28.4 Å². The third-order valence-corrected chi connectivity index (χ3v) is 7.42. The van der Waals surface area contributed by atoms with Crippen molar-refractivity contribution in [3.63, 3.8) is 0 Å². The molecule has 2 saturated heterocycles. The van der Waals surface area contributed by atoms with Gasteiger partial charge in [0.05, 0.1) is 18.3 Å². The smallest absolute Gasteiger partial charge is 0.225 e. The van der Waals surface area contributed by atoms with Crippen molar-refractivity contribution in [2.45, 2.75) is 19.1 Å². The zero-order chi connectivity index (χ0) is 26.3. The van der Waals surface area contributed by atoms with Gasteiger partial charge in [0.2, 0.25) is 11.8 Å².